The predicted octanol–water partition coefficient (Wildman–Crippen LogP) is 1.67. The molecule has 1 rings (SSSR count). The van der Waals surface area contributed by atoms with Crippen molar-refractivity contribution >= 4 is 5.91 Å². The average molecular weight is 212 g/mol. The number of amides is 1. The van der Waals surface area contributed by atoms with Crippen LogP contribution in [0.3, 0.4) is 0 Å². The van der Waals surface area contributed by atoms with Crippen molar-refractivity contribution in [3.05, 3.63) is 0 Å². The second-order valence-electron chi connectivity index (χ2n) is 4.70. The van der Waals surface area contributed by atoms with Crippen LogP contribution in [-0.2, 0) is 4.79 Å². The van der Waals surface area contributed by atoms with Gasteiger partial charge in [-0.05, 0) is 38.6 Å². The molecule has 1 aliphatic carbocycles. The second-order valence-corrected chi connectivity index (χ2v) is 4.70. The van der Waals surface area contributed by atoms with Crippen LogP contribution in [0.15, 0.2) is 0 Å². The molecule has 88 valence electrons. The van der Waals surface area contributed by atoms with E-state index in [0.717, 1.165) is 19.3 Å². The summed E-state index contributed by atoms with van der Waals surface area (Å²) >= 11 is 0. The maximum absolute atomic E-state index is 12.0. The van der Waals surface area contributed by atoms with Gasteiger partial charge in [-0.3, -0.25) is 4.79 Å². The minimum absolute atomic E-state index is 0.165. The zero-order valence-corrected chi connectivity index (χ0v) is 9.96. The maximum atomic E-state index is 12.0. The van der Waals surface area contributed by atoms with Crippen LogP contribution in [0.2, 0.25) is 0 Å². The Morgan fingerprint density at radius 3 is 2.73 bits per heavy atom. The van der Waals surface area contributed by atoms with Crippen molar-refractivity contribution in [3.8, 4) is 0 Å². The highest BCUT2D eigenvalue weighted by molar-refractivity contribution is 5.79. The summed E-state index contributed by atoms with van der Waals surface area (Å²) in [5.41, 5.74) is 5.71. The normalized spacial score (nSPS) is 28.5. The number of carbonyl (C=O) groups excluding carboxylic acids is 1. The van der Waals surface area contributed by atoms with Crippen molar-refractivity contribution in [2.45, 2.75) is 52.0 Å². The fourth-order valence-electron chi connectivity index (χ4n) is 2.29. The van der Waals surface area contributed by atoms with E-state index in [-0.39, 0.29) is 17.9 Å². The van der Waals surface area contributed by atoms with E-state index in [4.69, 9.17) is 5.73 Å². The monoisotopic (exact) mass is 212 g/mol. The van der Waals surface area contributed by atoms with E-state index in [1.165, 1.54) is 12.8 Å². The van der Waals surface area contributed by atoms with Gasteiger partial charge in [-0.1, -0.05) is 19.8 Å². The largest absolute Gasteiger partial charge is 0.353 e. The van der Waals surface area contributed by atoms with Gasteiger partial charge in [0.1, 0.15) is 0 Å². The lowest BCUT2D eigenvalue weighted by Crippen LogP contribution is -2.42. The van der Waals surface area contributed by atoms with E-state index in [9.17, 15) is 4.79 Å². The van der Waals surface area contributed by atoms with Gasteiger partial charge in [0.2, 0.25) is 5.91 Å². The number of rotatable bonds is 4. The summed E-state index contributed by atoms with van der Waals surface area (Å²) in [6.07, 6.45) is 5.54. The minimum Gasteiger partial charge on any atom is -0.353 e. The Balaban J connectivity index is 2.48. The summed E-state index contributed by atoms with van der Waals surface area (Å²) < 4.78 is 0. The number of carbonyl (C=O) groups is 1. The molecule has 0 saturated heterocycles. The van der Waals surface area contributed by atoms with Crippen molar-refractivity contribution in [2.75, 3.05) is 6.54 Å². The van der Waals surface area contributed by atoms with Crippen LogP contribution in [-0.4, -0.2) is 18.5 Å². The second kappa shape index (κ2) is 6.11. The molecule has 3 N–H and O–H groups in total. The number of nitrogens with two attached hydrogens (primary N) is 1. The van der Waals surface area contributed by atoms with Crippen molar-refractivity contribution in [2.24, 2.45) is 17.6 Å². The Labute approximate surface area is 92.8 Å². The highest BCUT2D eigenvalue weighted by Crippen LogP contribution is 2.29. The van der Waals surface area contributed by atoms with Gasteiger partial charge >= 0.3 is 0 Å². The Morgan fingerprint density at radius 2 is 2.13 bits per heavy atom. The van der Waals surface area contributed by atoms with E-state index in [1.807, 2.05) is 0 Å². The first kappa shape index (κ1) is 12.5. The van der Waals surface area contributed by atoms with Crippen LogP contribution in [0.4, 0.5) is 0 Å². The molecule has 3 atom stereocenters. The van der Waals surface area contributed by atoms with Crippen LogP contribution in [0.25, 0.3) is 0 Å². The molecule has 1 saturated carbocycles. The van der Waals surface area contributed by atoms with Crippen LogP contribution in [0.5, 0.6) is 0 Å². The molecule has 0 aliphatic heterocycles. The number of hydrogen-bond donors (Lipinski definition) is 2. The molecule has 0 heterocycles. The average Bonchev–Trinajstić information content (AvgIpc) is 2.28. The molecule has 0 aromatic rings. The molecule has 0 spiro atoms. The zero-order chi connectivity index (χ0) is 11.3. The molecule has 0 aromatic carbocycles. The molecule has 3 nitrogen and oxygen atoms in total. The van der Waals surface area contributed by atoms with Gasteiger partial charge in [0, 0.05) is 12.0 Å². The van der Waals surface area contributed by atoms with Gasteiger partial charge in [0.05, 0.1) is 0 Å². The Hall–Kier alpha value is -0.570. The summed E-state index contributed by atoms with van der Waals surface area (Å²) in [5, 5.41) is 3.07. The van der Waals surface area contributed by atoms with Gasteiger partial charge < -0.3 is 11.1 Å². The van der Waals surface area contributed by atoms with Crippen molar-refractivity contribution in [1.29, 1.82) is 0 Å². The molecule has 1 amide bonds. The van der Waals surface area contributed by atoms with E-state index in [2.05, 4.69) is 19.2 Å². The lowest BCUT2D eigenvalue weighted by atomic mass is 9.78. The van der Waals surface area contributed by atoms with Crippen LogP contribution < -0.4 is 11.1 Å². The highest BCUT2D eigenvalue weighted by Gasteiger charge is 2.30. The van der Waals surface area contributed by atoms with Crippen LogP contribution in [0, 0.1) is 11.8 Å². The lowest BCUT2D eigenvalue weighted by molar-refractivity contribution is -0.128. The van der Waals surface area contributed by atoms with Crippen molar-refractivity contribution < 1.29 is 4.79 Å². The van der Waals surface area contributed by atoms with E-state index < -0.39 is 0 Å². The van der Waals surface area contributed by atoms with E-state index >= 15 is 0 Å². The number of nitrogens with one attached hydrogen (secondary N) is 1. The summed E-state index contributed by atoms with van der Waals surface area (Å²) in [6, 6.07) is 0.290. The van der Waals surface area contributed by atoms with Gasteiger partial charge in [-0.15, -0.1) is 0 Å². The molecule has 15 heavy (non-hydrogen) atoms. The van der Waals surface area contributed by atoms with Crippen molar-refractivity contribution in [3.63, 3.8) is 0 Å². The first-order chi connectivity index (χ1) is 7.19. The molecular formula is C12H24N2O. The third-order valence-corrected chi connectivity index (χ3v) is 3.55. The summed E-state index contributed by atoms with van der Waals surface area (Å²) in [4.78, 5) is 12.0. The van der Waals surface area contributed by atoms with E-state index in [1.54, 1.807) is 0 Å². The first-order valence-electron chi connectivity index (χ1n) is 6.19. The molecule has 0 radical (unpaired) electrons. The fourth-order valence-corrected chi connectivity index (χ4v) is 2.29. The molecule has 1 fully saturated rings. The summed E-state index contributed by atoms with van der Waals surface area (Å²) in [7, 11) is 0. The minimum atomic E-state index is 0.165. The summed E-state index contributed by atoms with van der Waals surface area (Å²) in [6.45, 7) is 4.79. The van der Waals surface area contributed by atoms with Gasteiger partial charge in [0.25, 0.3) is 0 Å². The van der Waals surface area contributed by atoms with E-state index in [0.29, 0.717) is 12.5 Å². The van der Waals surface area contributed by atoms with Crippen LogP contribution in [0.1, 0.15) is 46.0 Å². The SMILES string of the molecule is CCC(C)NC(=O)C1CCCCC1CN. The van der Waals surface area contributed by atoms with Gasteiger partial charge in [-0.2, -0.15) is 0 Å². The Bertz CT molecular complexity index is 206. The standard InChI is InChI=1S/C12H24N2O/c1-3-9(2)14-12(15)11-7-5-4-6-10(11)8-13/h9-11H,3-8,13H2,1-2H3,(H,14,15). The zero-order valence-electron chi connectivity index (χ0n) is 9.96. The Morgan fingerprint density at radius 1 is 1.47 bits per heavy atom. The third kappa shape index (κ3) is 3.49. The highest BCUT2D eigenvalue weighted by atomic mass is 16.1. The molecule has 3 unspecified atom stereocenters. The van der Waals surface area contributed by atoms with Gasteiger partial charge in [0.15, 0.2) is 0 Å². The quantitative estimate of drug-likeness (QED) is 0.744. The fraction of sp³-hybridized carbons (Fsp3) is 0.917. The van der Waals surface area contributed by atoms with Crippen molar-refractivity contribution in [1.82, 2.24) is 5.32 Å². The van der Waals surface area contributed by atoms with Crippen LogP contribution >= 0.6 is 0 Å². The first-order valence-corrected chi connectivity index (χ1v) is 6.19. The molecule has 3 heteroatoms. The number of hydrogen-bond acceptors (Lipinski definition) is 2. The predicted molar refractivity (Wildman–Crippen MR) is 62.4 cm³/mol. The smallest absolute Gasteiger partial charge is 0.223 e. The molecular weight excluding hydrogens is 188 g/mol. The molecule has 1 aliphatic rings. The lowest BCUT2D eigenvalue weighted by Gasteiger charge is -2.30. The summed E-state index contributed by atoms with van der Waals surface area (Å²) in [5.74, 6) is 0.792. The Kier molecular flexibility index (Phi) is 5.09. The third-order valence-electron chi connectivity index (χ3n) is 3.55. The maximum Gasteiger partial charge on any atom is 0.223 e. The van der Waals surface area contributed by atoms with Gasteiger partial charge in [-0.25, -0.2) is 0 Å². The molecule has 0 bridgehead atoms. The topological polar surface area (TPSA) is 55.1 Å². The molecule has 0 aromatic heterocycles.